The van der Waals surface area contributed by atoms with Gasteiger partial charge >= 0.3 is 0 Å². The minimum atomic E-state index is -3.50. The van der Waals surface area contributed by atoms with Gasteiger partial charge in [-0.3, -0.25) is 4.68 Å². The fraction of sp³-hybridized carbons (Fsp3) is 0.769. The van der Waals surface area contributed by atoms with Crippen LogP contribution >= 0.6 is 11.8 Å². The maximum atomic E-state index is 12.5. The number of nitrogens with zero attached hydrogens (tertiary/aromatic N) is 2. The van der Waals surface area contributed by atoms with Crippen molar-refractivity contribution in [3.8, 4) is 0 Å². The van der Waals surface area contributed by atoms with Gasteiger partial charge in [-0.1, -0.05) is 0 Å². The molecule has 1 aliphatic rings. The maximum Gasteiger partial charge on any atom is 0.244 e. The molecular formula is C13H24N4O2S2. The van der Waals surface area contributed by atoms with E-state index in [1.54, 1.807) is 18.5 Å². The van der Waals surface area contributed by atoms with Gasteiger partial charge in [0.2, 0.25) is 10.0 Å². The Balaban J connectivity index is 2.11. The predicted molar refractivity (Wildman–Crippen MR) is 86.0 cm³/mol. The fourth-order valence-corrected chi connectivity index (χ4v) is 5.39. The van der Waals surface area contributed by atoms with Crippen molar-refractivity contribution in [3.05, 3.63) is 11.4 Å². The van der Waals surface area contributed by atoms with Crippen molar-refractivity contribution in [2.45, 2.75) is 38.1 Å². The highest BCUT2D eigenvalue weighted by Crippen LogP contribution is 2.23. The molecule has 6 nitrogen and oxygen atoms in total. The van der Waals surface area contributed by atoms with Crippen molar-refractivity contribution in [2.75, 3.05) is 24.6 Å². The third kappa shape index (κ3) is 4.00. The fourth-order valence-electron chi connectivity index (χ4n) is 2.66. The van der Waals surface area contributed by atoms with Crippen LogP contribution < -0.4 is 10.5 Å². The highest BCUT2D eigenvalue weighted by Gasteiger charge is 2.25. The largest absolute Gasteiger partial charge is 0.329 e. The van der Waals surface area contributed by atoms with Crippen molar-refractivity contribution in [1.29, 1.82) is 0 Å². The highest BCUT2D eigenvalue weighted by atomic mass is 32.2. The van der Waals surface area contributed by atoms with E-state index in [1.165, 1.54) is 0 Å². The zero-order valence-electron chi connectivity index (χ0n) is 12.6. The molecule has 3 N–H and O–H groups in total. The molecular weight excluding hydrogens is 308 g/mol. The summed E-state index contributed by atoms with van der Waals surface area (Å²) in [7, 11) is -3.50. The van der Waals surface area contributed by atoms with Crippen molar-refractivity contribution >= 4 is 21.8 Å². The van der Waals surface area contributed by atoms with E-state index in [-0.39, 0.29) is 0 Å². The molecule has 1 aliphatic heterocycles. The predicted octanol–water partition coefficient (Wildman–Crippen LogP) is 0.880. The number of thioether (sulfide) groups is 1. The Morgan fingerprint density at radius 2 is 2.05 bits per heavy atom. The summed E-state index contributed by atoms with van der Waals surface area (Å²) in [5, 5.41) is 4.28. The van der Waals surface area contributed by atoms with Crippen LogP contribution in [0.4, 0.5) is 0 Å². The monoisotopic (exact) mass is 332 g/mol. The van der Waals surface area contributed by atoms with E-state index in [0.717, 1.165) is 24.3 Å². The molecule has 2 rings (SSSR count). The number of hydrogen-bond donors (Lipinski definition) is 2. The molecule has 120 valence electrons. The second kappa shape index (κ2) is 7.13. The van der Waals surface area contributed by atoms with E-state index in [4.69, 9.17) is 5.73 Å². The molecule has 0 aliphatic carbocycles. The number of nitrogens with one attached hydrogen (secondary N) is 1. The first-order valence-electron chi connectivity index (χ1n) is 7.27. The maximum absolute atomic E-state index is 12.5. The summed E-state index contributed by atoms with van der Waals surface area (Å²) in [6.07, 6.45) is 2.16. The van der Waals surface area contributed by atoms with Crippen LogP contribution in [0.5, 0.6) is 0 Å². The molecule has 0 atom stereocenters. The summed E-state index contributed by atoms with van der Waals surface area (Å²) in [4.78, 5) is 0.307. The lowest BCUT2D eigenvalue weighted by Crippen LogP contribution is -2.31. The van der Waals surface area contributed by atoms with E-state index in [9.17, 15) is 8.42 Å². The number of aromatic nitrogens is 2. The molecule has 1 saturated heterocycles. The molecule has 0 radical (unpaired) electrons. The molecule has 1 aromatic rings. The average molecular weight is 332 g/mol. The van der Waals surface area contributed by atoms with Crippen LogP contribution in [0.3, 0.4) is 0 Å². The van der Waals surface area contributed by atoms with Gasteiger partial charge < -0.3 is 5.73 Å². The van der Waals surface area contributed by atoms with Crippen LogP contribution in [0.25, 0.3) is 0 Å². The van der Waals surface area contributed by atoms with Gasteiger partial charge in [-0.15, -0.1) is 0 Å². The minimum Gasteiger partial charge on any atom is -0.329 e. The summed E-state index contributed by atoms with van der Waals surface area (Å²) in [5.74, 6) is 2.69. The van der Waals surface area contributed by atoms with Gasteiger partial charge in [-0.05, 0) is 44.1 Å². The molecule has 0 aromatic carbocycles. The Bertz CT molecular complexity index is 577. The van der Waals surface area contributed by atoms with Gasteiger partial charge in [-0.25, -0.2) is 13.1 Å². The number of aryl methyl sites for hydroxylation is 1. The molecule has 2 heterocycles. The minimum absolute atomic E-state index is 0.307. The lowest BCUT2D eigenvalue weighted by molar-refractivity contribution is 0.476. The highest BCUT2D eigenvalue weighted by molar-refractivity contribution is 7.99. The Kier molecular flexibility index (Phi) is 5.70. The van der Waals surface area contributed by atoms with E-state index in [0.29, 0.717) is 41.8 Å². The topological polar surface area (TPSA) is 90.0 Å². The Labute approximate surface area is 130 Å². The second-order valence-corrected chi connectivity index (χ2v) is 8.35. The molecule has 8 heteroatoms. The first kappa shape index (κ1) is 16.8. The third-order valence-corrected chi connectivity index (χ3v) is 6.55. The first-order valence-corrected chi connectivity index (χ1v) is 9.91. The zero-order valence-corrected chi connectivity index (χ0v) is 14.3. The van der Waals surface area contributed by atoms with Gasteiger partial charge in [0.05, 0.1) is 17.9 Å². The van der Waals surface area contributed by atoms with E-state index in [1.807, 2.05) is 11.8 Å². The second-order valence-electron chi connectivity index (χ2n) is 5.42. The standard InChI is InChI=1S/C13H24N4O2S2/c1-10-13(11(2)17(16-10)6-5-14)21(18,19)15-9-12-3-7-20-8-4-12/h12,15H,3-9,14H2,1-2H3. The van der Waals surface area contributed by atoms with Crippen molar-refractivity contribution < 1.29 is 8.42 Å². The third-order valence-electron chi connectivity index (χ3n) is 3.83. The smallest absolute Gasteiger partial charge is 0.244 e. The van der Waals surface area contributed by atoms with Crippen LogP contribution in [0, 0.1) is 19.8 Å². The number of hydrogen-bond acceptors (Lipinski definition) is 5. The number of rotatable bonds is 6. The van der Waals surface area contributed by atoms with Crippen molar-refractivity contribution in [3.63, 3.8) is 0 Å². The van der Waals surface area contributed by atoms with Gasteiger partial charge in [-0.2, -0.15) is 16.9 Å². The van der Waals surface area contributed by atoms with Gasteiger partial charge in [0.15, 0.2) is 0 Å². The summed E-state index contributed by atoms with van der Waals surface area (Å²) in [6, 6.07) is 0. The normalized spacial score (nSPS) is 17.3. The first-order chi connectivity index (χ1) is 9.95. The van der Waals surface area contributed by atoms with Crippen LogP contribution in [0.2, 0.25) is 0 Å². The van der Waals surface area contributed by atoms with Crippen molar-refractivity contribution in [2.24, 2.45) is 11.7 Å². The molecule has 1 aromatic heterocycles. The molecule has 21 heavy (non-hydrogen) atoms. The Morgan fingerprint density at radius 1 is 1.38 bits per heavy atom. The summed E-state index contributed by atoms with van der Waals surface area (Å²) in [5.41, 5.74) is 6.72. The van der Waals surface area contributed by atoms with Crippen LogP contribution in [0.15, 0.2) is 4.90 Å². The summed E-state index contributed by atoms with van der Waals surface area (Å²) < 4.78 is 29.5. The SMILES string of the molecule is Cc1nn(CCN)c(C)c1S(=O)(=O)NCC1CCSCC1. The molecule has 0 amide bonds. The zero-order chi connectivity index (χ0) is 15.5. The lowest BCUT2D eigenvalue weighted by atomic mass is 10.0. The Hall–Kier alpha value is -0.570. The van der Waals surface area contributed by atoms with Crippen LogP contribution in [-0.2, 0) is 16.6 Å². The van der Waals surface area contributed by atoms with E-state index in [2.05, 4.69) is 9.82 Å². The van der Waals surface area contributed by atoms with E-state index < -0.39 is 10.0 Å². The van der Waals surface area contributed by atoms with Crippen LogP contribution in [-0.4, -0.2) is 42.8 Å². The quantitative estimate of drug-likeness (QED) is 0.807. The van der Waals surface area contributed by atoms with Crippen LogP contribution in [0.1, 0.15) is 24.2 Å². The molecule has 1 fully saturated rings. The molecule has 0 bridgehead atoms. The lowest BCUT2D eigenvalue weighted by Gasteiger charge is -2.21. The number of nitrogens with two attached hydrogens (primary N) is 1. The number of sulfonamides is 1. The molecule has 0 spiro atoms. The Morgan fingerprint density at radius 3 is 2.67 bits per heavy atom. The van der Waals surface area contributed by atoms with Gasteiger partial charge in [0.1, 0.15) is 4.90 Å². The summed E-state index contributed by atoms with van der Waals surface area (Å²) in [6.45, 7) is 4.99. The van der Waals surface area contributed by atoms with Gasteiger partial charge in [0.25, 0.3) is 0 Å². The van der Waals surface area contributed by atoms with Gasteiger partial charge in [0, 0.05) is 13.1 Å². The summed E-state index contributed by atoms with van der Waals surface area (Å²) >= 11 is 1.94. The van der Waals surface area contributed by atoms with Crippen molar-refractivity contribution in [1.82, 2.24) is 14.5 Å². The molecule has 0 unspecified atom stereocenters. The van der Waals surface area contributed by atoms with E-state index >= 15 is 0 Å². The molecule has 0 saturated carbocycles. The average Bonchev–Trinajstić information content (AvgIpc) is 2.73.